The van der Waals surface area contributed by atoms with E-state index in [2.05, 4.69) is 10.3 Å². The minimum Gasteiger partial charge on any atom is -0.387 e. The van der Waals surface area contributed by atoms with Gasteiger partial charge in [-0.05, 0) is 31.4 Å². The summed E-state index contributed by atoms with van der Waals surface area (Å²) in [5.41, 5.74) is 2.08. The van der Waals surface area contributed by atoms with Crippen molar-refractivity contribution in [2.45, 2.75) is 50.9 Å². The molecule has 4 heterocycles. The monoisotopic (exact) mass is 503 g/mol. The molecule has 2 aliphatic heterocycles. The molecule has 0 saturated carbocycles. The van der Waals surface area contributed by atoms with Crippen molar-refractivity contribution in [3.63, 3.8) is 0 Å². The van der Waals surface area contributed by atoms with Crippen molar-refractivity contribution in [1.82, 2.24) is 19.7 Å². The van der Waals surface area contributed by atoms with Crippen molar-refractivity contribution in [1.29, 1.82) is 0 Å². The number of benzene rings is 1. The van der Waals surface area contributed by atoms with Gasteiger partial charge in [-0.15, -0.1) is 11.3 Å². The Morgan fingerprint density at radius 2 is 1.94 bits per heavy atom. The molecule has 3 aromatic rings. The summed E-state index contributed by atoms with van der Waals surface area (Å²) in [5, 5.41) is 10.8. The minimum atomic E-state index is -4.53. The number of carbonyl (C=O) groups excluding carboxylic acids is 1. The molecule has 0 bridgehead atoms. The molecule has 0 radical (unpaired) electrons. The minimum absolute atomic E-state index is 0.101. The van der Waals surface area contributed by atoms with Crippen LogP contribution in [0, 0.1) is 6.92 Å². The lowest BCUT2D eigenvalue weighted by molar-refractivity contribution is -0.142. The van der Waals surface area contributed by atoms with E-state index >= 15 is 0 Å². The fraction of sp³-hybridized carbons (Fsp3) is 0.417. The fourth-order valence-corrected chi connectivity index (χ4v) is 5.40. The zero-order valence-electron chi connectivity index (χ0n) is 19.0. The van der Waals surface area contributed by atoms with Gasteiger partial charge < -0.3 is 9.74 Å². The smallest absolute Gasteiger partial charge is 0.387 e. The van der Waals surface area contributed by atoms with Gasteiger partial charge in [0.05, 0.1) is 10.7 Å². The van der Waals surface area contributed by atoms with Crippen LogP contribution in [-0.2, 0) is 22.4 Å². The second-order valence-corrected chi connectivity index (χ2v) is 9.69. The maximum Gasteiger partial charge on any atom is 0.435 e. The van der Waals surface area contributed by atoms with E-state index in [4.69, 9.17) is 9.82 Å². The summed E-state index contributed by atoms with van der Waals surface area (Å²) in [6.45, 7) is 2.38. The molecule has 7 nitrogen and oxygen atoms in total. The number of alkyl halides is 3. The molecule has 0 spiro atoms. The van der Waals surface area contributed by atoms with Crippen LogP contribution in [0.4, 0.5) is 13.2 Å². The zero-order valence-corrected chi connectivity index (χ0v) is 19.8. The highest BCUT2D eigenvalue weighted by Crippen LogP contribution is 2.34. The van der Waals surface area contributed by atoms with Gasteiger partial charge in [-0.1, -0.05) is 35.5 Å². The van der Waals surface area contributed by atoms with E-state index in [1.807, 2.05) is 35.7 Å². The van der Waals surface area contributed by atoms with Gasteiger partial charge >= 0.3 is 6.18 Å². The van der Waals surface area contributed by atoms with E-state index in [0.29, 0.717) is 25.2 Å². The highest BCUT2D eigenvalue weighted by Gasteiger charge is 2.35. The van der Waals surface area contributed by atoms with Crippen LogP contribution in [0.3, 0.4) is 0 Å². The maximum absolute atomic E-state index is 12.9. The summed E-state index contributed by atoms with van der Waals surface area (Å²) in [5.74, 6) is 0.00142. The molecule has 1 aromatic carbocycles. The van der Waals surface area contributed by atoms with Crippen molar-refractivity contribution in [3.8, 4) is 0 Å². The van der Waals surface area contributed by atoms with E-state index in [1.165, 1.54) is 6.92 Å². The average molecular weight is 504 g/mol. The van der Waals surface area contributed by atoms with E-state index in [0.717, 1.165) is 45.6 Å². The predicted octanol–water partition coefficient (Wildman–Crippen LogP) is 4.94. The molecular weight excluding hydrogens is 479 g/mol. The molecule has 2 aliphatic rings. The Kier molecular flexibility index (Phi) is 6.35. The summed E-state index contributed by atoms with van der Waals surface area (Å²) < 4.78 is 39.8. The number of hydrogen-bond donors (Lipinski definition) is 0. The Morgan fingerprint density at radius 3 is 2.63 bits per heavy atom. The largest absolute Gasteiger partial charge is 0.435 e. The SMILES string of the molecule is Cc1cc(C(F)(F)F)nn1CC(=O)N1CCC(c2nc(C3=NO[C@@H](c4ccccc4)C3)cs2)CC1. The van der Waals surface area contributed by atoms with Gasteiger partial charge in [0.2, 0.25) is 5.91 Å². The van der Waals surface area contributed by atoms with Gasteiger partial charge in [0.25, 0.3) is 0 Å². The Hall–Kier alpha value is -3.21. The Morgan fingerprint density at radius 1 is 1.20 bits per heavy atom. The molecule has 1 atom stereocenters. The molecule has 2 aromatic heterocycles. The Labute approximate surface area is 204 Å². The fourth-order valence-electron chi connectivity index (χ4n) is 4.40. The second kappa shape index (κ2) is 9.44. The predicted molar refractivity (Wildman–Crippen MR) is 124 cm³/mol. The number of amides is 1. The van der Waals surface area contributed by atoms with Gasteiger partial charge in [0.1, 0.15) is 12.3 Å². The van der Waals surface area contributed by atoms with E-state index in [9.17, 15) is 18.0 Å². The molecule has 0 N–H and O–H groups in total. The normalized spacial score (nSPS) is 19.0. The van der Waals surface area contributed by atoms with Crippen molar-refractivity contribution >= 4 is 23.0 Å². The number of rotatable bonds is 5. The molecule has 1 amide bonds. The number of thiazole rings is 1. The number of likely N-dealkylation sites (tertiary alicyclic amines) is 1. The third-order valence-corrected chi connectivity index (χ3v) is 7.42. The first-order valence-electron chi connectivity index (χ1n) is 11.4. The third kappa shape index (κ3) is 5.09. The van der Waals surface area contributed by atoms with Crippen molar-refractivity contribution < 1.29 is 22.8 Å². The van der Waals surface area contributed by atoms with E-state index < -0.39 is 11.9 Å². The summed E-state index contributed by atoms with van der Waals surface area (Å²) in [6.07, 6.45) is -2.46. The van der Waals surface area contributed by atoms with Gasteiger partial charge in [-0.2, -0.15) is 18.3 Å². The molecule has 0 unspecified atom stereocenters. The standard InChI is InChI=1S/C24H24F3N5O2S/c1-15-11-21(24(25,26)27)29-32(15)13-22(33)31-9-7-17(8-10-31)23-28-19(14-35-23)18-12-20(34-30-18)16-5-3-2-4-6-16/h2-6,11,14,17,20H,7-10,12-13H2,1H3/t20-/m1/s1. The van der Waals surface area contributed by atoms with Crippen LogP contribution in [0.15, 0.2) is 46.9 Å². The lowest BCUT2D eigenvalue weighted by Gasteiger charge is -2.31. The molecule has 11 heteroatoms. The molecule has 0 aliphatic carbocycles. The van der Waals surface area contributed by atoms with Crippen molar-refractivity contribution in [2.75, 3.05) is 13.1 Å². The van der Waals surface area contributed by atoms with Crippen LogP contribution < -0.4 is 0 Å². The molecule has 35 heavy (non-hydrogen) atoms. The van der Waals surface area contributed by atoms with Gasteiger partial charge in [-0.3, -0.25) is 9.48 Å². The van der Waals surface area contributed by atoms with E-state index in [1.54, 1.807) is 16.2 Å². The van der Waals surface area contributed by atoms with Crippen LogP contribution in [0.1, 0.15) is 58.9 Å². The van der Waals surface area contributed by atoms with Crippen molar-refractivity contribution in [2.24, 2.45) is 5.16 Å². The molecule has 5 rings (SSSR count). The van der Waals surface area contributed by atoms with Crippen LogP contribution in [0.25, 0.3) is 0 Å². The Balaban J connectivity index is 1.15. The molecular formula is C24H24F3N5O2S. The average Bonchev–Trinajstić information content (AvgIpc) is 3.60. The number of hydrogen-bond acceptors (Lipinski definition) is 6. The first kappa shape index (κ1) is 23.5. The van der Waals surface area contributed by atoms with E-state index in [-0.39, 0.29) is 24.5 Å². The summed E-state index contributed by atoms with van der Waals surface area (Å²) in [6, 6.07) is 10.9. The molecule has 1 fully saturated rings. The van der Waals surface area contributed by atoms with Gasteiger partial charge in [0.15, 0.2) is 11.8 Å². The number of aryl methyl sites for hydroxylation is 1. The summed E-state index contributed by atoms with van der Waals surface area (Å²) in [4.78, 5) is 24.8. The lowest BCUT2D eigenvalue weighted by Crippen LogP contribution is -2.40. The zero-order chi connectivity index (χ0) is 24.6. The summed E-state index contributed by atoms with van der Waals surface area (Å²) >= 11 is 1.59. The number of halogens is 3. The number of nitrogens with zero attached hydrogens (tertiary/aromatic N) is 5. The van der Waals surface area contributed by atoms with Crippen LogP contribution in [0.5, 0.6) is 0 Å². The number of piperidine rings is 1. The van der Waals surface area contributed by atoms with Crippen LogP contribution in [-0.4, -0.2) is 44.4 Å². The quantitative estimate of drug-likeness (QED) is 0.495. The highest BCUT2D eigenvalue weighted by atomic mass is 32.1. The third-order valence-electron chi connectivity index (χ3n) is 6.41. The van der Waals surface area contributed by atoms with Crippen LogP contribution in [0.2, 0.25) is 0 Å². The lowest BCUT2D eigenvalue weighted by atomic mass is 9.97. The topological polar surface area (TPSA) is 72.6 Å². The second-order valence-electron chi connectivity index (χ2n) is 8.80. The first-order chi connectivity index (χ1) is 16.8. The Bertz CT molecular complexity index is 1230. The number of oxime groups is 1. The maximum atomic E-state index is 12.9. The van der Waals surface area contributed by atoms with Gasteiger partial charge in [0, 0.05) is 36.5 Å². The molecule has 1 saturated heterocycles. The van der Waals surface area contributed by atoms with Crippen molar-refractivity contribution in [3.05, 3.63) is 69.4 Å². The number of aromatic nitrogens is 3. The highest BCUT2D eigenvalue weighted by molar-refractivity contribution is 7.10. The molecule has 184 valence electrons. The summed E-state index contributed by atoms with van der Waals surface area (Å²) in [7, 11) is 0. The number of carbonyl (C=O) groups is 1. The van der Waals surface area contributed by atoms with Crippen LogP contribution >= 0.6 is 11.3 Å². The first-order valence-corrected chi connectivity index (χ1v) is 12.3. The van der Waals surface area contributed by atoms with Gasteiger partial charge in [-0.25, -0.2) is 4.98 Å².